The lowest BCUT2D eigenvalue weighted by Gasteiger charge is -1.88. The number of carbonyl (C=O) groups is 1. The highest BCUT2D eigenvalue weighted by atomic mass is 16.4. The highest BCUT2D eigenvalue weighted by Crippen LogP contribution is 1.68. The lowest BCUT2D eigenvalue weighted by molar-refractivity contribution is -0.119. The van der Waals surface area contributed by atoms with Gasteiger partial charge in [0.1, 0.15) is 0 Å². The molecule has 5 heteroatoms. The van der Waals surface area contributed by atoms with Crippen LogP contribution in [0.4, 0.5) is 0 Å². The van der Waals surface area contributed by atoms with Crippen LogP contribution < -0.4 is 11.3 Å². The van der Waals surface area contributed by atoms with Gasteiger partial charge < -0.3 is 5.21 Å². The van der Waals surface area contributed by atoms with E-state index in [4.69, 9.17) is 5.21 Å². The fraction of sp³-hybridized carbons (Fsp3) is 0.333. The second-order valence-corrected chi connectivity index (χ2v) is 1.07. The molecule has 0 rings (SSSR count). The van der Waals surface area contributed by atoms with Gasteiger partial charge in [0.2, 0.25) is 5.91 Å². The van der Waals surface area contributed by atoms with Crippen molar-refractivity contribution >= 4 is 12.1 Å². The Labute approximate surface area is 46.1 Å². The molecule has 8 heavy (non-hydrogen) atoms. The third-order valence-corrected chi connectivity index (χ3v) is 0.519. The van der Waals surface area contributed by atoms with E-state index in [-0.39, 0.29) is 12.3 Å². The molecule has 46 valence electrons. The first-order valence-corrected chi connectivity index (χ1v) is 1.96. The second kappa shape index (κ2) is 4.07. The molecule has 0 aliphatic carbocycles. The van der Waals surface area contributed by atoms with Crippen molar-refractivity contribution in [1.82, 2.24) is 5.43 Å². The number of hydrogen-bond acceptors (Lipinski definition) is 4. The molecule has 0 fully saturated rings. The van der Waals surface area contributed by atoms with Crippen LogP contribution in [0.5, 0.6) is 0 Å². The molecule has 0 saturated heterocycles. The Hall–Kier alpha value is -1.10. The zero-order valence-corrected chi connectivity index (χ0v) is 4.16. The third-order valence-electron chi connectivity index (χ3n) is 0.519. The average Bonchev–Trinajstić information content (AvgIpc) is 1.83. The van der Waals surface area contributed by atoms with Crippen LogP contribution in [0.1, 0.15) is 6.42 Å². The quantitative estimate of drug-likeness (QED) is 0.140. The first kappa shape index (κ1) is 6.90. The number of nitrogens with one attached hydrogen (secondary N) is 1. The van der Waals surface area contributed by atoms with Crippen molar-refractivity contribution < 1.29 is 10.0 Å². The summed E-state index contributed by atoms with van der Waals surface area (Å²) in [5.41, 5.74) is 1.86. The van der Waals surface area contributed by atoms with E-state index in [1.54, 1.807) is 0 Å². The van der Waals surface area contributed by atoms with E-state index in [1.807, 2.05) is 5.43 Å². The van der Waals surface area contributed by atoms with E-state index in [2.05, 4.69) is 11.0 Å². The lowest BCUT2D eigenvalue weighted by Crippen LogP contribution is -2.29. The molecule has 0 aromatic heterocycles. The summed E-state index contributed by atoms with van der Waals surface area (Å²) < 4.78 is 0. The molecular weight excluding hydrogens is 110 g/mol. The van der Waals surface area contributed by atoms with Crippen LogP contribution in [0, 0.1) is 0 Å². The predicted octanol–water partition coefficient (Wildman–Crippen LogP) is -1.17. The number of rotatable bonds is 2. The van der Waals surface area contributed by atoms with Crippen molar-refractivity contribution in [3.05, 3.63) is 0 Å². The van der Waals surface area contributed by atoms with Crippen LogP contribution in [0.3, 0.4) is 0 Å². The van der Waals surface area contributed by atoms with Crippen LogP contribution in [0.25, 0.3) is 0 Å². The number of carbonyl (C=O) groups excluding carboxylic acids is 1. The molecule has 0 bridgehead atoms. The van der Waals surface area contributed by atoms with E-state index in [9.17, 15) is 4.79 Å². The Morgan fingerprint density at radius 3 is 3.00 bits per heavy atom. The summed E-state index contributed by atoms with van der Waals surface area (Å²) in [5, 5.41) is 10.3. The summed E-state index contributed by atoms with van der Waals surface area (Å²) in [5.74, 6) is 4.28. The third kappa shape index (κ3) is 3.10. The maximum Gasteiger partial charge on any atom is 0.239 e. The summed E-state index contributed by atoms with van der Waals surface area (Å²) >= 11 is 0. The van der Waals surface area contributed by atoms with Crippen LogP contribution in [0.2, 0.25) is 0 Å². The van der Waals surface area contributed by atoms with Gasteiger partial charge in [-0.15, -0.1) is 5.16 Å². The second-order valence-electron chi connectivity index (χ2n) is 1.07. The molecule has 0 aliphatic heterocycles. The molecule has 0 saturated carbocycles. The number of nitrogens with zero attached hydrogens (tertiary/aromatic N) is 1. The number of hydrazine groups is 1. The summed E-state index contributed by atoms with van der Waals surface area (Å²) in [6.45, 7) is 0. The van der Waals surface area contributed by atoms with Crippen molar-refractivity contribution in [2.75, 3.05) is 0 Å². The van der Waals surface area contributed by atoms with Crippen molar-refractivity contribution in [3.63, 3.8) is 0 Å². The first-order valence-electron chi connectivity index (χ1n) is 1.96. The maximum absolute atomic E-state index is 10.1. The average molecular weight is 117 g/mol. The van der Waals surface area contributed by atoms with Gasteiger partial charge in [-0.05, 0) is 0 Å². The van der Waals surface area contributed by atoms with Crippen LogP contribution >= 0.6 is 0 Å². The molecule has 1 amide bonds. The minimum Gasteiger partial charge on any atom is -0.411 e. The zero-order chi connectivity index (χ0) is 6.41. The highest BCUT2D eigenvalue weighted by Gasteiger charge is 1.90. The Balaban J connectivity index is 3.25. The van der Waals surface area contributed by atoms with Gasteiger partial charge in [-0.3, -0.25) is 10.2 Å². The fourth-order valence-electron chi connectivity index (χ4n) is 0.183. The highest BCUT2D eigenvalue weighted by molar-refractivity contribution is 5.89. The Kier molecular flexibility index (Phi) is 3.51. The Bertz CT molecular complexity index is 101. The minimum absolute atomic E-state index is 0.00694. The molecule has 5 nitrogen and oxygen atoms in total. The van der Waals surface area contributed by atoms with Gasteiger partial charge in [0.15, 0.2) is 0 Å². The molecule has 0 aliphatic rings. The molecule has 0 radical (unpaired) electrons. The summed E-state index contributed by atoms with van der Waals surface area (Å²) in [6.07, 6.45) is 1.05. The van der Waals surface area contributed by atoms with Crippen LogP contribution in [-0.2, 0) is 4.79 Å². The van der Waals surface area contributed by atoms with E-state index >= 15 is 0 Å². The molecule has 0 aromatic rings. The zero-order valence-electron chi connectivity index (χ0n) is 4.16. The molecule has 0 unspecified atom stereocenters. The largest absolute Gasteiger partial charge is 0.411 e. The van der Waals surface area contributed by atoms with Gasteiger partial charge >= 0.3 is 0 Å². The topological polar surface area (TPSA) is 87.7 Å². The Morgan fingerprint density at radius 2 is 2.62 bits per heavy atom. The van der Waals surface area contributed by atoms with E-state index in [0.29, 0.717) is 0 Å². The van der Waals surface area contributed by atoms with Crippen LogP contribution in [0.15, 0.2) is 5.16 Å². The predicted molar refractivity (Wildman–Crippen MR) is 27.2 cm³/mol. The van der Waals surface area contributed by atoms with E-state index in [0.717, 1.165) is 6.21 Å². The molecule has 4 N–H and O–H groups in total. The molecule has 0 heterocycles. The molecular formula is C3H7N3O2. The van der Waals surface area contributed by atoms with Crippen molar-refractivity contribution in [3.8, 4) is 0 Å². The normalized spacial score (nSPS) is 9.62. The Morgan fingerprint density at radius 1 is 2.00 bits per heavy atom. The van der Waals surface area contributed by atoms with Crippen molar-refractivity contribution in [2.45, 2.75) is 6.42 Å². The standard InChI is InChI=1S/C3H7N3O2/c4-6-3(7)1-2-5-8/h2,8H,1,4H2,(H,6,7). The van der Waals surface area contributed by atoms with Gasteiger partial charge in [-0.2, -0.15) is 0 Å². The summed E-state index contributed by atoms with van der Waals surface area (Å²) in [6, 6.07) is 0. The van der Waals surface area contributed by atoms with Gasteiger partial charge in [-0.1, -0.05) is 0 Å². The van der Waals surface area contributed by atoms with E-state index in [1.165, 1.54) is 0 Å². The van der Waals surface area contributed by atoms with Crippen molar-refractivity contribution in [2.24, 2.45) is 11.0 Å². The molecule has 0 atom stereocenters. The van der Waals surface area contributed by atoms with Crippen LogP contribution in [-0.4, -0.2) is 17.3 Å². The number of hydrogen-bond donors (Lipinski definition) is 3. The molecule has 0 aromatic carbocycles. The minimum atomic E-state index is -0.386. The smallest absolute Gasteiger partial charge is 0.239 e. The van der Waals surface area contributed by atoms with Gasteiger partial charge in [0.05, 0.1) is 12.6 Å². The maximum atomic E-state index is 10.1. The van der Waals surface area contributed by atoms with Gasteiger partial charge in [-0.25, -0.2) is 5.84 Å². The number of amides is 1. The summed E-state index contributed by atoms with van der Waals surface area (Å²) in [4.78, 5) is 10.1. The van der Waals surface area contributed by atoms with Crippen molar-refractivity contribution in [1.29, 1.82) is 0 Å². The van der Waals surface area contributed by atoms with E-state index < -0.39 is 0 Å². The van der Waals surface area contributed by atoms with Gasteiger partial charge in [0, 0.05) is 0 Å². The monoisotopic (exact) mass is 117 g/mol. The van der Waals surface area contributed by atoms with Gasteiger partial charge in [0.25, 0.3) is 0 Å². The number of nitrogens with two attached hydrogens (primary N) is 1. The number of oxime groups is 1. The lowest BCUT2D eigenvalue weighted by atomic mass is 10.4. The molecule has 0 spiro atoms. The first-order chi connectivity index (χ1) is 3.81. The summed E-state index contributed by atoms with van der Waals surface area (Å²) in [7, 11) is 0. The fourth-order valence-corrected chi connectivity index (χ4v) is 0.183. The SMILES string of the molecule is NNC(=O)CC=NO.